The van der Waals surface area contributed by atoms with E-state index in [9.17, 15) is 23.9 Å². The lowest BCUT2D eigenvalue weighted by molar-refractivity contribution is -0.126. The van der Waals surface area contributed by atoms with Crippen LogP contribution in [0.25, 0.3) is 28.0 Å². The summed E-state index contributed by atoms with van der Waals surface area (Å²) in [5.41, 5.74) is 1.69. The summed E-state index contributed by atoms with van der Waals surface area (Å²) in [5.74, 6) is -1.43. The Morgan fingerprint density at radius 3 is 2.58 bits per heavy atom. The first-order valence-corrected chi connectivity index (χ1v) is 14.4. The lowest BCUT2D eigenvalue weighted by Crippen LogP contribution is -2.54. The fourth-order valence-electron chi connectivity index (χ4n) is 5.73. The number of halogens is 2. The number of aromatic carboxylic acids is 1. The predicted molar refractivity (Wildman–Crippen MR) is 165 cm³/mol. The Morgan fingerprint density at radius 1 is 1.19 bits per heavy atom. The molecule has 0 saturated carbocycles. The number of benzene rings is 2. The van der Waals surface area contributed by atoms with Crippen LogP contribution < -0.4 is 10.6 Å². The summed E-state index contributed by atoms with van der Waals surface area (Å²) in [6.45, 7) is 10.4. The molecule has 0 bridgehead atoms. The van der Waals surface area contributed by atoms with Crippen molar-refractivity contribution in [1.29, 1.82) is 0 Å². The van der Waals surface area contributed by atoms with Crippen molar-refractivity contribution < 1.29 is 19.1 Å². The second-order valence-electron chi connectivity index (χ2n) is 10.6. The third-order valence-electron chi connectivity index (χ3n) is 7.69. The fraction of sp³-hybridized carbons (Fsp3) is 0.281. The molecule has 1 amide bonds. The summed E-state index contributed by atoms with van der Waals surface area (Å²) in [6.07, 6.45) is 2.47. The van der Waals surface area contributed by atoms with Crippen molar-refractivity contribution in [3.8, 4) is 16.9 Å². The minimum absolute atomic E-state index is 0.107. The molecule has 1 atom stereocenters. The molecule has 1 fully saturated rings. The van der Waals surface area contributed by atoms with Crippen LogP contribution in [0.2, 0.25) is 5.02 Å². The summed E-state index contributed by atoms with van der Waals surface area (Å²) < 4.78 is 16.3. The maximum absolute atomic E-state index is 15.0. The Morgan fingerprint density at radius 2 is 1.93 bits per heavy atom. The van der Waals surface area contributed by atoms with Gasteiger partial charge in [0.05, 0.1) is 27.4 Å². The van der Waals surface area contributed by atoms with Crippen molar-refractivity contribution in [1.82, 2.24) is 19.4 Å². The Labute approximate surface area is 252 Å². The molecule has 0 unspecified atom stereocenters. The van der Waals surface area contributed by atoms with Gasteiger partial charge in [0, 0.05) is 31.2 Å². The van der Waals surface area contributed by atoms with Gasteiger partial charge in [-0.1, -0.05) is 43.7 Å². The highest BCUT2D eigenvalue weighted by atomic mass is 35.5. The number of aromatic nitrogens is 3. The van der Waals surface area contributed by atoms with E-state index < -0.39 is 17.5 Å². The lowest BCUT2D eigenvalue weighted by Gasteiger charge is -2.40. The first-order valence-electron chi connectivity index (χ1n) is 14.0. The molecule has 2 aromatic heterocycles. The van der Waals surface area contributed by atoms with Gasteiger partial charge in [-0.2, -0.15) is 4.98 Å². The molecule has 222 valence electrons. The summed E-state index contributed by atoms with van der Waals surface area (Å²) in [6, 6.07) is 10.6. The van der Waals surface area contributed by atoms with Gasteiger partial charge in [0.15, 0.2) is 5.65 Å². The molecular weight excluding hydrogens is 573 g/mol. The van der Waals surface area contributed by atoms with Crippen molar-refractivity contribution in [2.45, 2.75) is 39.7 Å². The number of hydrogen-bond acceptors (Lipinski definition) is 6. The van der Waals surface area contributed by atoms with Gasteiger partial charge in [0.1, 0.15) is 11.6 Å². The maximum Gasteiger partial charge on any atom is 0.355 e. The van der Waals surface area contributed by atoms with Crippen LogP contribution in [0.4, 0.5) is 10.2 Å². The lowest BCUT2D eigenvalue weighted by atomic mass is 9.99. The van der Waals surface area contributed by atoms with Crippen molar-refractivity contribution in [3.05, 3.63) is 93.1 Å². The summed E-state index contributed by atoms with van der Waals surface area (Å²) in [4.78, 5) is 51.1. The van der Waals surface area contributed by atoms with Gasteiger partial charge in [-0.25, -0.2) is 23.5 Å². The molecular formula is C32H31ClFN5O4. The standard InChI is InChI=1S/C32H31ClFN5O4/c1-5-9-20-15-21(31(41)42)14-18(3)28(20)39-30-23(16-24(33)27(35-30)22-10-7-8-11-25(22)34)29(36-32(39)43)38-13-12-37(17-19(38)4)26(40)6-2/h6-8,10-11,14-16,19H,2,5,9,12-13,17H2,1,3-4H3,(H,41,42)/t19-/m0/s1. The molecule has 1 aliphatic rings. The number of pyridine rings is 1. The van der Waals surface area contributed by atoms with Crippen molar-refractivity contribution in [2.75, 3.05) is 24.5 Å². The van der Waals surface area contributed by atoms with Crippen molar-refractivity contribution in [3.63, 3.8) is 0 Å². The number of rotatable bonds is 7. The molecule has 43 heavy (non-hydrogen) atoms. The number of anilines is 1. The SMILES string of the molecule is C=CC(=O)N1CCN(c2nc(=O)n(-c3c(C)cc(C(=O)O)cc3CCC)c3nc(-c4ccccc4F)c(Cl)cc23)[C@@H](C)C1. The molecule has 11 heteroatoms. The number of carboxylic acids is 1. The van der Waals surface area contributed by atoms with Crippen molar-refractivity contribution >= 4 is 40.3 Å². The van der Waals surface area contributed by atoms with Gasteiger partial charge in [-0.3, -0.25) is 4.79 Å². The minimum Gasteiger partial charge on any atom is -0.478 e. The highest BCUT2D eigenvalue weighted by molar-refractivity contribution is 6.33. The van der Waals surface area contributed by atoms with Crippen LogP contribution in [0.3, 0.4) is 0 Å². The second-order valence-corrected chi connectivity index (χ2v) is 11.0. The summed E-state index contributed by atoms with van der Waals surface area (Å²) in [5, 5.41) is 10.3. The number of nitrogens with zero attached hydrogens (tertiary/aromatic N) is 5. The van der Waals surface area contributed by atoms with E-state index in [4.69, 9.17) is 16.6 Å². The van der Waals surface area contributed by atoms with Gasteiger partial charge in [-0.05, 0) is 67.8 Å². The topological polar surface area (TPSA) is 109 Å². The molecule has 1 saturated heterocycles. The zero-order valence-electron chi connectivity index (χ0n) is 24.1. The van der Waals surface area contributed by atoms with Crippen LogP contribution >= 0.6 is 11.6 Å². The Bertz CT molecular complexity index is 1840. The van der Waals surface area contributed by atoms with Crippen LogP contribution in [0.15, 0.2) is 59.9 Å². The first-order chi connectivity index (χ1) is 20.5. The average Bonchev–Trinajstić information content (AvgIpc) is 2.97. The number of fused-ring (bicyclic) bond motifs is 1. The zero-order chi connectivity index (χ0) is 31.0. The largest absolute Gasteiger partial charge is 0.478 e. The van der Waals surface area contributed by atoms with E-state index in [-0.39, 0.29) is 39.4 Å². The van der Waals surface area contributed by atoms with E-state index >= 15 is 0 Å². The number of carboxylic acid groups (broad SMARTS) is 1. The smallest absolute Gasteiger partial charge is 0.355 e. The molecule has 9 nitrogen and oxygen atoms in total. The number of carbonyl (C=O) groups is 2. The quantitative estimate of drug-likeness (QED) is 0.281. The molecule has 1 N–H and O–H groups in total. The van der Waals surface area contributed by atoms with Gasteiger partial charge in [0.25, 0.3) is 0 Å². The van der Waals surface area contributed by atoms with Gasteiger partial charge in [-0.15, -0.1) is 0 Å². The molecule has 2 aromatic carbocycles. The van der Waals surface area contributed by atoms with Crippen LogP contribution in [0.1, 0.15) is 41.8 Å². The van der Waals surface area contributed by atoms with E-state index in [1.165, 1.54) is 22.8 Å². The fourth-order valence-corrected chi connectivity index (χ4v) is 5.98. The third kappa shape index (κ3) is 5.50. The summed E-state index contributed by atoms with van der Waals surface area (Å²) >= 11 is 6.75. The minimum atomic E-state index is -1.08. The van der Waals surface area contributed by atoms with Gasteiger partial charge >= 0.3 is 11.7 Å². The van der Waals surface area contributed by atoms with E-state index in [2.05, 4.69) is 11.6 Å². The number of piperazine rings is 1. The first kappa shape index (κ1) is 29.9. The molecule has 5 rings (SSSR count). The van der Waals surface area contributed by atoms with Gasteiger partial charge < -0.3 is 14.9 Å². The maximum atomic E-state index is 15.0. The van der Waals surface area contributed by atoms with E-state index in [1.807, 2.05) is 18.7 Å². The highest BCUT2D eigenvalue weighted by Gasteiger charge is 2.30. The van der Waals surface area contributed by atoms with E-state index in [0.29, 0.717) is 60.5 Å². The van der Waals surface area contributed by atoms with Crippen LogP contribution in [-0.4, -0.2) is 62.1 Å². The highest BCUT2D eigenvalue weighted by Crippen LogP contribution is 2.36. The normalized spacial score (nSPS) is 15.1. The van der Waals surface area contributed by atoms with Crippen molar-refractivity contribution in [2.24, 2.45) is 0 Å². The Balaban J connectivity index is 1.82. The molecule has 0 radical (unpaired) electrons. The predicted octanol–water partition coefficient (Wildman–Crippen LogP) is 5.42. The van der Waals surface area contributed by atoms with Crippen LogP contribution in [0, 0.1) is 12.7 Å². The van der Waals surface area contributed by atoms with Crippen LogP contribution in [0.5, 0.6) is 0 Å². The Kier molecular flexibility index (Phi) is 8.32. The van der Waals surface area contributed by atoms with Gasteiger partial charge in [0.2, 0.25) is 5.91 Å². The zero-order valence-corrected chi connectivity index (χ0v) is 24.9. The Hall–Kier alpha value is -4.57. The van der Waals surface area contributed by atoms with E-state index in [1.54, 1.807) is 42.2 Å². The molecule has 4 aromatic rings. The molecule has 0 aliphatic carbocycles. The number of aryl methyl sites for hydroxylation is 2. The summed E-state index contributed by atoms with van der Waals surface area (Å²) in [7, 11) is 0. The molecule has 3 heterocycles. The third-order valence-corrected chi connectivity index (χ3v) is 7.97. The number of carbonyl (C=O) groups excluding carboxylic acids is 1. The monoisotopic (exact) mass is 603 g/mol. The average molecular weight is 604 g/mol. The molecule has 1 aliphatic heterocycles. The number of amides is 1. The second kappa shape index (κ2) is 12.0. The number of hydrogen-bond donors (Lipinski definition) is 1. The molecule has 0 spiro atoms. The van der Waals surface area contributed by atoms with Crippen LogP contribution in [-0.2, 0) is 11.2 Å². The van der Waals surface area contributed by atoms with E-state index in [0.717, 1.165) is 0 Å².